The molecule has 6 heteroatoms. The number of carbonyl (C=O) groups excluding carboxylic acids is 1. The predicted molar refractivity (Wildman–Crippen MR) is 113 cm³/mol. The van der Waals surface area contributed by atoms with E-state index in [0.717, 1.165) is 31.7 Å². The smallest absolute Gasteiger partial charge is 0.274 e. The molecule has 0 aliphatic heterocycles. The van der Waals surface area contributed by atoms with Gasteiger partial charge in [-0.05, 0) is 30.3 Å². The SMILES string of the molecule is O=C(Nc1cccc(-c2nc3ccncc3s2)c1)c1ccc2ccccc2n1. The number of para-hydroxylation sites is 1. The van der Waals surface area contributed by atoms with Crippen molar-refractivity contribution in [2.45, 2.75) is 0 Å². The van der Waals surface area contributed by atoms with Crippen molar-refractivity contribution in [1.82, 2.24) is 15.0 Å². The lowest BCUT2D eigenvalue weighted by Gasteiger charge is -2.07. The van der Waals surface area contributed by atoms with Crippen LogP contribution in [-0.4, -0.2) is 20.9 Å². The van der Waals surface area contributed by atoms with Crippen LogP contribution >= 0.6 is 11.3 Å². The van der Waals surface area contributed by atoms with E-state index in [-0.39, 0.29) is 5.91 Å². The van der Waals surface area contributed by atoms with Gasteiger partial charge in [-0.3, -0.25) is 9.78 Å². The average Bonchev–Trinajstić information content (AvgIpc) is 3.18. The van der Waals surface area contributed by atoms with E-state index in [1.807, 2.05) is 66.9 Å². The van der Waals surface area contributed by atoms with Crippen LogP contribution in [0.2, 0.25) is 0 Å². The molecule has 0 saturated heterocycles. The fourth-order valence-electron chi connectivity index (χ4n) is 3.02. The van der Waals surface area contributed by atoms with Crippen LogP contribution in [0, 0.1) is 0 Å². The maximum Gasteiger partial charge on any atom is 0.274 e. The zero-order chi connectivity index (χ0) is 18.9. The Labute approximate surface area is 164 Å². The summed E-state index contributed by atoms with van der Waals surface area (Å²) < 4.78 is 1.03. The number of carbonyl (C=O) groups is 1. The Morgan fingerprint density at radius 2 is 1.82 bits per heavy atom. The lowest BCUT2D eigenvalue weighted by molar-refractivity contribution is 0.102. The summed E-state index contributed by atoms with van der Waals surface area (Å²) in [4.78, 5) is 25.9. The molecule has 1 N–H and O–H groups in total. The summed E-state index contributed by atoms with van der Waals surface area (Å²) in [5.74, 6) is -0.239. The number of anilines is 1. The van der Waals surface area contributed by atoms with Gasteiger partial charge in [0.2, 0.25) is 0 Å². The van der Waals surface area contributed by atoms with Crippen LogP contribution < -0.4 is 5.32 Å². The lowest BCUT2D eigenvalue weighted by Crippen LogP contribution is -2.13. The van der Waals surface area contributed by atoms with Gasteiger partial charge in [0, 0.05) is 29.0 Å². The first kappa shape index (κ1) is 16.5. The van der Waals surface area contributed by atoms with Crippen molar-refractivity contribution in [2.75, 3.05) is 5.32 Å². The number of nitrogens with zero attached hydrogens (tertiary/aromatic N) is 3. The van der Waals surface area contributed by atoms with Crippen molar-refractivity contribution >= 4 is 44.1 Å². The number of thiazole rings is 1. The van der Waals surface area contributed by atoms with Gasteiger partial charge >= 0.3 is 0 Å². The molecule has 0 radical (unpaired) electrons. The van der Waals surface area contributed by atoms with Crippen LogP contribution in [0.15, 0.2) is 79.1 Å². The Kier molecular flexibility index (Phi) is 4.03. The second kappa shape index (κ2) is 6.83. The molecule has 0 aliphatic carbocycles. The summed E-state index contributed by atoms with van der Waals surface area (Å²) in [6.07, 6.45) is 3.55. The van der Waals surface area contributed by atoms with E-state index < -0.39 is 0 Å². The van der Waals surface area contributed by atoms with Crippen molar-refractivity contribution in [3.05, 3.63) is 84.8 Å². The molecule has 0 saturated carbocycles. The number of hydrogen-bond donors (Lipinski definition) is 1. The molecule has 0 aliphatic rings. The highest BCUT2D eigenvalue weighted by atomic mass is 32.1. The van der Waals surface area contributed by atoms with Crippen molar-refractivity contribution < 1.29 is 4.79 Å². The number of pyridine rings is 2. The van der Waals surface area contributed by atoms with Crippen LogP contribution in [0.25, 0.3) is 31.7 Å². The molecule has 0 atom stereocenters. The van der Waals surface area contributed by atoms with Gasteiger partial charge in [-0.1, -0.05) is 36.4 Å². The van der Waals surface area contributed by atoms with E-state index >= 15 is 0 Å². The molecule has 0 unspecified atom stereocenters. The third-order valence-electron chi connectivity index (χ3n) is 4.39. The zero-order valence-corrected chi connectivity index (χ0v) is 15.5. The van der Waals surface area contributed by atoms with Gasteiger partial charge in [-0.2, -0.15) is 0 Å². The minimum atomic E-state index is -0.239. The molecule has 134 valence electrons. The van der Waals surface area contributed by atoms with Gasteiger partial charge in [-0.15, -0.1) is 11.3 Å². The summed E-state index contributed by atoms with van der Waals surface area (Å²) >= 11 is 1.58. The topological polar surface area (TPSA) is 67.8 Å². The van der Waals surface area contributed by atoms with E-state index in [2.05, 4.69) is 20.3 Å². The number of benzene rings is 2. The average molecular weight is 382 g/mol. The minimum Gasteiger partial charge on any atom is -0.321 e. The number of aromatic nitrogens is 3. The van der Waals surface area contributed by atoms with E-state index in [4.69, 9.17) is 0 Å². The third kappa shape index (κ3) is 3.10. The van der Waals surface area contributed by atoms with Gasteiger partial charge < -0.3 is 5.32 Å². The van der Waals surface area contributed by atoms with Crippen LogP contribution in [0.3, 0.4) is 0 Å². The molecule has 3 heterocycles. The molecule has 5 aromatic rings. The third-order valence-corrected chi connectivity index (χ3v) is 5.44. The first-order chi connectivity index (χ1) is 13.8. The molecule has 0 fully saturated rings. The van der Waals surface area contributed by atoms with E-state index in [1.165, 1.54) is 0 Å². The first-order valence-electron chi connectivity index (χ1n) is 8.74. The van der Waals surface area contributed by atoms with Gasteiger partial charge in [0.25, 0.3) is 5.91 Å². The molecular weight excluding hydrogens is 368 g/mol. The van der Waals surface area contributed by atoms with Crippen LogP contribution in [0.1, 0.15) is 10.5 Å². The summed E-state index contributed by atoms with van der Waals surface area (Å²) in [5, 5.41) is 4.83. The predicted octanol–water partition coefficient (Wildman–Crippen LogP) is 5.16. The fourth-order valence-corrected chi connectivity index (χ4v) is 3.95. The number of nitrogens with one attached hydrogen (secondary N) is 1. The molecular formula is C22H14N4OS. The Hall–Kier alpha value is -3.64. The maximum atomic E-state index is 12.7. The highest BCUT2D eigenvalue weighted by Gasteiger charge is 2.11. The number of rotatable bonds is 3. The Morgan fingerprint density at radius 1 is 0.893 bits per heavy atom. The first-order valence-corrected chi connectivity index (χ1v) is 9.56. The van der Waals surface area contributed by atoms with Crippen molar-refractivity contribution in [3.63, 3.8) is 0 Å². The second-order valence-corrected chi connectivity index (χ2v) is 7.32. The van der Waals surface area contributed by atoms with Crippen LogP contribution in [-0.2, 0) is 0 Å². The van der Waals surface area contributed by atoms with E-state index in [0.29, 0.717) is 11.4 Å². The molecule has 5 nitrogen and oxygen atoms in total. The maximum absolute atomic E-state index is 12.7. The Bertz CT molecular complexity index is 1300. The summed E-state index contributed by atoms with van der Waals surface area (Å²) in [5.41, 5.74) is 3.76. The minimum absolute atomic E-state index is 0.239. The fraction of sp³-hybridized carbons (Fsp3) is 0. The summed E-state index contributed by atoms with van der Waals surface area (Å²) in [7, 11) is 0. The molecule has 5 rings (SSSR count). The monoisotopic (exact) mass is 382 g/mol. The molecule has 0 spiro atoms. The van der Waals surface area contributed by atoms with Crippen molar-refractivity contribution in [1.29, 1.82) is 0 Å². The summed E-state index contributed by atoms with van der Waals surface area (Å²) in [6.45, 7) is 0. The number of amides is 1. The molecule has 1 amide bonds. The number of fused-ring (bicyclic) bond motifs is 2. The van der Waals surface area contributed by atoms with Crippen LogP contribution in [0.4, 0.5) is 5.69 Å². The van der Waals surface area contributed by atoms with E-state index in [9.17, 15) is 4.79 Å². The van der Waals surface area contributed by atoms with Gasteiger partial charge in [-0.25, -0.2) is 9.97 Å². The van der Waals surface area contributed by atoms with Crippen molar-refractivity contribution in [3.8, 4) is 10.6 Å². The molecule has 2 aromatic carbocycles. The standard InChI is InChI=1S/C22H14N4OS/c27-21(19-9-8-14-4-1-2-7-17(14)25-19)24-16-6-3-5-15(12-16)22-26-18-10-11-23-13-20(18)28-22/h1-13H,(H,24,27). The Balaban J connectivity index is 1.43. The zero-order valence-electron chi connectivity index (χ0n) is 14.7. The van der Waals surface area contributed by atoms with Crippen molar-refractivity contribution in [2.24, 2.45) is 0 Å². The molecule has 3 aromatic heterocycles. The van der Waals surface area contributed by atoms with Gasteiger partial charge in [0.1, 0.15) is 10.7 Å². The molecule has 0 bridgehead atoms. The highest BCUT2D eigenvalue weighted by molar-refractivity contribution is 7.21. The van der Waals surface area contributed by atoms with Crippen LogP contribution in [0.5, 0.6) is 0 Å². The summed E-state index contributed by atoms with van der Waals surface area (Å²) in [6, 6.07) is 20.9. The van der Waals surface area contributed by atoms with E-state index in [1.54, 1.807) is 23.6 Å². The second-order valence-electron chi connectivity index (χ2n) is 6.29. The Morgan fingerprint density at radius 3 is 2.75 bits per heavy atom. The normalized spacial score (nSPS) is 11.0. The number of hydrogen-bond acceptors (Lipinski definition) is 5. The molecule has 28 heavy (non-hydrogen) atoms. The quantitative estimate of drug-likeness (QED) is 0.468. The lowest BCUT2D eigenvalue weighted by atomic mass is 10.2. The van der Waals surface area contributed by atoms with Gasteiger partial charge in [0.05, 0.1) is 15.7 Å². The van der Waals surface area contributed by atoms with Gasteiger partial charge in [0.15, 0.2) is 0 Å². The highest BCUT2D eigenvalue weighted by Crippen LogP contribution is 2.30. The largest absolute Gasteiger partial charge is 0.321 e.